The van der Waals surface area contributed by atoms with E-state index in [-0.39, 0.29) is 23.7 Å². The Balaban J connectivity index is 1.75. The fourth-order valence-electron chi connectivity index (χ4n) is 2.01. The molecule has 2 amide bonds. The van der Waals surface area contributed by atoms with Crippen LogP contribution in [0.2, 0.25) is 0 Å². The highest BCUT2D eigenvalue weighted by atomic mass is 32.1. The van der Waals surface area contributed by atoms with Crippen LogP contribution in [0.15, 0.2) is 6.20 Å². The Bertz CT molecular complexity index is 452. The van der Waals surface area contributed by atoms with Gasteiger partial charge in [-0.1, -0.05) is 11.3 Å². The van der Waals surface area contributed by atoms with E-state index in [9.17, 15) is 9.59 Å². The van der Waals surface area contributed by atoms with Gasteiger partial charge in [-0.2, -0.15) is 0 Å². The zero-order chi connectivity index (χ0) is 11.3. The average Bonchev–Trinajstić information content (AvgIpc) is 2.90. The largest absolute Gasteiger partial charge is 0.300 e. The molecule has 1 aromatic rings. The summed E-state index contributed by atoms with van der Waals surface area (Å²) in [6.45, 7) is 0.323. The summed E-state index contributed by atoms with van der Waals surface area (Å²) in [4.78, 5) is 29.5. The number of hydrazine groups is 1. The molecule has 0 spiro atoms. The summed E-state index contributed by atoms with van der Waals surface area (Å²) >= 11 is 1.35. The second-order valence-corrected chi connectivity index (χ2v) is 5.10. The van der Waals surface area contributed by atoms with E-state index in [1.165, 1.54) is 16.2 Å². The summed E-state index contributed by atoms with van der Waals surface area (Å²) in [6, 6.07) is 0. The van der Waals surface area contributed by atoms with Crippen LogP contribution < -0.4 is 11.3 Å². The van der Waals surface area contributed by atoms with Crippen LogP contribution in [0.3, 0.4) is 0 Å². The Hall–Kier alpha value is -1.47. The van der Waals surface area contributed by atoms with E-state index < -0.39 is 0 Å². The average molecular weight is 238 g/mol. The summed E-state index contributed by atoms with van der Waals surface area (Å²) in [5, 5.41) is 0.583. The van der Waals surface area contributed by atoms with Gasteiger partial charge in [-0.25, -0.2) is 10.8 Å². The van der Waals surface area contributed by atoms with Crippen LogP contribution in [0.1, 0.15) is 11.3 Å². The molecule has 1 aliphatic heterocycles. The van der Waals surface area contributed by atoms with Crippen LogP contribution >= 0.6 is 11.3 Å². The van der Waals surface area contributed by atoms with Crippen molar-refractivity contribution in [2.45, 2.75) is 13.0 Å². The number of carbonyl (C=O) groups excluding carboxylic acids is 2. The number of nitrogen functional groups attached to an aromatic ring is 1. The Kier molecular flexibility index (Phi) is 1.98. The quantitative estimate of drug-likeness (QED) is 0.437. The standard InChI is InChI=1S/C9H10N4O2S/c10-12-9-11-2-4(16-9)3-13-7(14)5-1-6(5)8(13)15/h2,5-6H,1,3,10H2,(H,11,12). The van der Waals surface area contributed by atoms with E-state index in [1.807, 2.05) is 0 Å². The number of nitrogens with zero attached hydrogens (tertiary/aromatic N) is 2. The molecular weight excluding hydrogens is 228 g/mol. The van der Waals surface area contributed by atoms with Gasteiger partial charge in [0.2, 0.25) is 11.8 Å². The van der Waals surface area contributed by atoms with Gasteiger partial charge in [0.05, 0.1) is 18.4 Å². The number of carbonyl (C=O) groups is 2. The Morgan fingerprint density at radius 2 is 2.19 bits per heavy atom. The summed E-state index contributed by atoms with van der Waals surface area (Å²) in [5.74, 6) is 5.06. The number of hydrogen-bond acceptors (Lipinski definition) is 6. The molecule has 2 heterocycles. The topological polar surface area (TPSA) is 88.3 Å². The molecule has 3 rings (SSSR count). The van der Waals surface area contributed by atoms with Crippen molar-refractivity contribution in [3.8, 4) is 0 Å². The van der Waals surface area contributed by atoms with Crippen LogP contribution in [-0.2, 0) is 16.1 Å². The summed E-state index contributed by atoms with van der Waals surface area (Å²) in [7, 11) is 0. The zero-order valence-electron chi connectivity index (χ0n) is 8.34. The van der Waals surface area contributed by atoms with Crippen molar-refractivity contribution in [3.05, 3.63) is 11.1 Å². The molecule has 1 aliphatic carbocycles. The number of nitrogens with one attached hydrogen (secondary N) is 1. The van der Waals surface area contributed by atoms with Crippen molar-refractivity contribution in [2.24, 2.45) is 17.7 Å². The highest BCUT2D eigenvalue weighted by Gasteiger charge is 2.58. The SMILES string of the molecule is NNc1ncc(CN2C(=O)C3CC3C2=O)s1. The van der Waals surface area contributed by atoms with Gasteiger partial charge in [0.25, 0.3) is 0 Å². The number of piperidine rings is 1. The molecule has 84 valence electrons. The normalized spacial score (nSPS) is 27.2. The molecule has 7 heteroatoms. The third-order valence-corrected chi connectivity index (χ3v) is 3.86. The lowest BCUT2D eigenvalue weighted by Crippen LogP contribution is -2.31. The molecule has 0 aromatic carbocycles. The van der Waals surface area contributed by atoms with Gasteiger partial charge in [0.15, 0.2) is 5.13 Å². The lowest BCUT2D eigenvalue weighted by atomic mass is 10.4. The van der Waals surface area contributed by atoms with Crippen molar-refractivity contribution in [1.82, 2.24) is 9.88 Å². The Labute approximate surface area is 95.4 Å². The number of amides is 2. The second-order valence-electron chi connectivity index (χ2n) is 3.99. The lowest BCUT2D eigenvalue weighted by Gasteiger charge is -2.14. The van der Waals surface area contributed by atoms with Crippen LogP contribution in [-0.4, -0.2) is 21.7 Å². The maximum absolute atomic E-state index is 11.7. The molecule has 2 unspecified atom stereocenters. The first kappa shape index (κ1) is 9.73. The molecule has 2 fully saturated rings. The fraction of sp³-hybridized carbons (Fsp3) is 0.444. The van der Waals surface area contributed by atoms with E-state index >= 15 is 0 Å². The number of imide groups is 1. The number of hydrogen-bond donors (Lipinski definition) is 2. The van der Waals surface area contributed by atoms with Crippen molar-refractivity contribution in [1.29, 1.82) is 0 Å². The molecule has 16 heavy (non-hydrogen) atoms. The summed E-state index contributed by atoms with van der Waals surface area (Å²) in [6.07, 6.45) is 2.37. The summed E-state index contributed by atoms with van der Waals surface area (Å²) < 4.78 is 0. The molecule has 1 aromatic heterocycles. The molecule has 2 aliphatic rings. The zero-order valence-corrected chi connectivity index (χ0v) is 9.16. The number of likely N-dealkylation sites (tertiary alicyclic amines) is 1. The maximum atomic E-state index is 11.7. The van der Waals surface area contributed by atoms with Crippen LogP contribution in [0.5, 0.6) is 0 Å². The van der Waals surface area contributed by atoms with Gasteiger partial charge in [-0.15, -0.1) is 0 Å². The van der Waals surface area contributed by atoms with E-state index in [4.69, 9.17) is 5.84 Å². The van der Waals surface area contributed by atoms with Gasteiger partial charge < -0.3 is 0 Å². The number of fused-ring (bicyclic) bond motifs is 1. The number of rotatable bonds is 3. The Morgan fingerprint density at radius 3 is 2.75 bits per heavy atom. The lowest BCUT2D eigenvalue weighted by molar-refractivity contribution is -0.141. The predicted molar refractivity (Wildman–Crippen MR) is 57.1 cm³/mol. The minimum Gasteiger partial charge on any atom is -0.300 e. The predicted octanol–water partition coefficient (Wildman–Crippen LogP) is -0.0664. The monoisotopic (exact) mass is 238 g/mol. The maximum Gasteiger partial charge on any atom is 0.233 e. The van der Waals surface area contributed by atoms with Crippen LogP contribution in [0, 0.1) is 11.8 Å². The van der Waals surface area contributed by atoms with Crippen molar-refractivity contribution < 1.29 is 9.59 Å². The van der Waals surface area contributed by atoms with Gasteiger partial charge in [-0.05, 0) is 6.42 Å². The van der Waals surface area contributed by atoms with Gasteiger partial charge in [0, 0.05) is 11.1 Å². The molecule has 1 saturated carbocycles. The fourth-order valence-corrected chi connectivity index (χ4v) is 2.72. The van der Waals surface area contributed by atoms with E-state index in [1.54, 1.807) is 6.20 Å². The second kappa shape index (κ2) is 3.26. The highest BCUT2D eigenvalue weighted by molar-refractivity contribution is 7.15. The van der Waals surface area contributed by atoms with Crippen molar-refractivity contribution in [2.75, 3.05) is 5.43 Å². The highest BCUT2D eigenvalue weighted by Crippen LogP contribution is 2.47. The van der Waals surface area contributed by atoms with Crippen LogP contribution in [0.4, 0.5) is 5.13 Å². The van der Waals surface area contributed by atoms with E-state index in [0.717, 1.165) is 11.3 Å². The first-order valence-corrected chi connectivity index (χ1v) is 5.79. The third-order valence-electron chi connectivity index (χ3n) is 2.95. The number of anilines is 1. The molecule has 3 N–H and O–H groups in total. The molecular formula is C9H10N4O2S. The number of thiazole rings is 1. The van der Waals surface area contributed by atoms with Crippen molar-refractivity contribution >= 4 is 28.3 Å². The minimum absolute atomic E-state index is 0.0347. The minimum atomic E-state index is -0.0364. The van der Waals surface area contributed by atoms with Gasteiger partial charge in [0.1, 0.15) is 0 Å². The molecule has 2 atom stereocenters. The van der Waals surface area contributed by atoms with Gasteiger partial charge in [-0.3, -0.25) is 19.9 Å². The smallest absolute Gasteiger partial charge is 0.233 e. The first-order chi connectivity index (χ1) is 7.70. The van der Waals surface area contributed by atoms with E-state index in [2.05, 4.69) is 10.4 Å². The van der Waals surface area contributed by atoms with E-state index in [0.29, 0.717) is 11.7 Å². The molecule has 0 bridgehead atoms. The molecule has 6 nitrogen and oxygen atoms in total. The third kappa shape index (κ3) is 1.32. The Morgan fingerprint density at radius 1 is 1.50 bits per heavy atom. The molecule has 1 saturated heterocycles. The number of nitrogens with two attached hydrogens (primary N) is 1. The first-order valence-electron chi connectivity index (χ1n) is 4.97. The summed E-state index contributed by atoms with van der Waals surface area (Å²) in [5.41, 5.74) is 2.43. The molecule has 0 radical (unpaired) electrons. The van der Waals surface area contributed by atoms with Gasteiger partial charge >= 0.3 is 0 Å². The number of aromatic nitrogens is 1. The van der Waals surface area contributed by atoms with Crippen molar-refractivity contribution in [3.63, 3.8) is 0 Å². The van der Waals surface area contributed by atoms with Crippen LogP contribution in [0.25, 0.3) is 0 Å².